The fourth-order valence-corrected chi connectivity index (χ4v) is 4.90. The molecule has 0 saturated heterocycles. The maximum absolute atomic E-state index is 4.99. The molecule has 3 aromatic heterocycles. The Hall–Kier alpha value is -2.91. The monoisotopic (exact) mass is 338 g/mol. The van der Waals surface area contributed by atoms with Crippen molar-refractivity contribution in [3.8, 4) is 0 Å². The highest BCUT2D eigenvalue weighted by Crippen LogP contribution is 2.36. The van der Waals surface area contributed by atoms with Crippen molar-refractivity contribution < 1.29 is 0 Å². The number of hydrogen-bond acceptors (Lipinski definition) is 2. The van der Waals surface area contributed by atoms with Gasteiger partial charge in [-0.2, -0.15) is 0 Å². The number of pyridine rings is 1. The Balaban J connectivity index is 1.99. The first-order valence-electron chi connectivity index (χ1n) is 8.41. The zero-order valence-corrected chi connectivity index (χ0v) is 14.5. The molecule has 3 aromatic carbocycles. The van der Waals surface area contributed by atoms with Crippen molar-refractivity contribution in [2.75, 3.05) is 0 Å². The molecule has 3 heteroatoms. The van der Waals surface area contributed by atoms with Gasteiger partial charge in [0.1, 0.15) is 16.0 Å². The minimum atomic E-state index is 1.06. The zero-order valence-electron chi connectivity index (χ0n) is 13.7. The van der Waals surface area contributed by atoms with Gasteiger partial charge >= 0.3 is 0 Å². The van der Waals surface area contributed by atoms with Gasteiger partial charge < -0.3 is 0 Å². The van der Waals surface area contributed by atoms with Crippen LogP contribution in [0.15, 0.2) is 66.7 Å². The maximum Gasteiger partial charge on any atom is 0.147 e. The molecule has 0 N–H and O–H groups in total. The van der Waals surface area contributed by atoms with Crippen molar-refractivity contribution in [3.63, 3.8) is 0 Å². The normalized spacial score (nSPS) is 12.2. The van der Waals surface area contributed by atoms with Crippen LogP contribution in [0.4, 0.5) is 0 Å². The van der Waals surface area contributed by atoms with E-state index < -0.39 is 0 Å². The number of fused-ring (bicyclic) bond motifs is 9. The van der Waals surface area contributed by atoms with E-state index in [0.29, 0.717) is 0 Å². The van der Waals surface area contributed by atoms with Crippen LogP contribution >= 0.6 is 11.3 Å². The fraction of sp³-hybridized carbons (Fsp3) is 0.0455. The van der Waals surface area contributed by atoms with Crippen molar-refractivity contribution in [2.45, 2.75) is 6.92 Å². The molecular weight excluding hydrogens is 324 g/mol. The minimum absolute atomic E-state index is 1.06. The highest BCUT2D eigenvalue weighted by atomic mass is 32.1. The maximum atomic E-state index is 4.99. The summed E-state index contributed by atoms with van der Waals surface area (Å²) in [5.41, 5.74) is 3.37. The van der Waals surface area contributed by atoms with Gasteiger partial charge in [-0.1, -0.05) is 42.5 Å². The number of benzene rings is 3. The Morgan fingerprint density at radius 3 is 2.36 bits per heavy atom. The highest BCUT2D eigenvalue weighted by Gasteiger charge is 2.15. The lowest BCUT2D eigenvalue weighted by Crippen LogP contribution is -1.91. The molecule has 0 saturated carbocycles. The molecule has 0 aliphatic carbocycles. The van der Waals surface area contributed by atoms with Gasteiger partial charge in [0.2, 0.25) is 0 Å². The number of aryl methyl sites for hydroxylation is 1. The summed E-state index contributed by atoms with van der Waals surface area (Å²) in [5.74, 6) is 0. The SMILES string of the molecule is Cc1cc2nc3c4cc5ccccc5cc4c4ccccc4n3c2s1. The van der Waals surface area contributed by atoms with Gasteiger partial charge in [-0.05, 0) is 47.3 Å². The van der Waals surface area contributed by atoms with Gasteiger partial charge in [-0.3, -0.25) is 4.40 Å². The van der Waals surface area contributed by atoms with Gasteiger partial charge in [0.25, 0.3) is 0 Å². The molecule has 0 aliphatic heterocycles. The second-order valence-electron chi connectivity index (χ2n) is 6.58. The summed E-state index contributed by atoms with van der Waals surface area (Å²) in [7, 11) is 0. The van der Waals surface area contributed by atoms with E-state index in [1.54, 1.807) is 0 Å². The number of thiophene rings is 1. The summed E-state index contributed by atoms with van der Waals surface area (Å²) < 4.78 is 2.33. The number of para-hydroxylation sites is 1. The molecule has 0 amide bonds. The van der Waals surface area contributed by atoms with Crippen LogP contribution in [0.3, 0.4) is 0 Å². The number of rotatable bonds is 0. The predicted octanol–water partition coefficient (Wildman–Crippen LogP) is 6.32. The van der Waals surface area contributed by atoms with Crippen molar-refractivity contribution in [1.29, 1.82) is 0 Å². The second kappa shape index (κ2) is 4.58. The Kier molecular flexibility index (Phi) is 2.46. The topological polar surface area (TPSA) is 17.3 Å². The molecule has 0 fully saturated rings. The van der Waals surface area contributed by atoms with Gasteiger partial charge in [0.05, 0.1) is 5.52 Å². The van der Waals surface area contributed by atoms with Crippen LogP contribution in [0.2, 0.25) is 0 Å². The molecule has 3 heterocycles. The quantitative estimate of drug-likeness (QED) is 0.234. The van der Waals surface area contributed by atoms with E-state index in [1.165, 1.54) is 42.2 Å². The summed E-state index contributed by atoms with van der Waals surface area (Å²) >= 11 is 1.82. The van der Waals surface area contributed by atoms with Crippen LogP contribution in [0.25, 0.3) is 48.4 Å². The molecular formula is C22H14N2S. The van der Waals surface area contributed by atoms with Crippen LogP contribution in [0.1, 0.15) is 4.88 Å². The van der Waals surface area contributed by atoms with E-state index in [-0.39, 0.29) is 0 Å². The number of imidazole rings is 1. The van der Waals surface area contributed by atoms with Crippen molar-refractivity contribution in [1.82, 2.24) is 9.38 Å². The third-order valence-electron chi connectivity index (χ3n) is 5.02. The Bertz CT molecular complexity index is 1450. The molecule has 25 heavy (non-hydrogen) atoms. The average Bonchev–Trinajstić information content (AvgIpc) is 3.16. The second-order valence-corrected chi connectivity index (χ2v) is 7.82. The summed E-state index contributed by atoms with van der Waals surface area (Å²) in [6.07, 6.45) is 0. The number of aromatic nitrogens is 2. The Labute approximate surface area is 148 Å². The first-order valence-corrected chi connectivity index (χ1v) is 9.23. The van der Waals surface area contributed by atoms with E-state index in [2.05, 4.69) is 78.1 Å². The molecule has 0 spiro atoms. The molecule has 6 rings (SSSR count). The lowest BCUT2D eigenvalue weighted by atomic mass is 10.0. The van der Waals surface area contributed by atoms with Gasteiger partial charge in [0, 0.05) is 15.6 Å². The predicted molar refractivity (Wildman–Crippen MR) is 108 cm³/mol. The van der Waals surface area contributed by atoms with Crippen LogP contribution < -0.4 is 0 Å². The molecule has 6 aromatic rings. The van der Waals surface area contributed by atoms with Gasteiger partial charge in [-0.15, -0.1) is 11.3 Å². The average molecular weight is 338 g/mol. The van der Waals surface area contributed by atoms with Crippen LogP contribution in [-0.2, 0) is 0 Å². The van der Waals surface area contributed by atoms with Crippen molar-refractivity contribution in [3.05, 3.63) is 71.6 Å². The largest absolute Gasteiger partial charge is 0.283 e. The van der Waals surface area contributed by atoms with Crippen molar-refractivity contribution in [2.24, 2.45) is 0 Å². The third-order valence-corrected chi connectivity index (χ3v) is 6.04. The zero-order chi connectivity index (χ0) is 16.5. The van der Waals surface area contributed by atoms with Gasteiger partial charge in [-0.25, -0.2) is 4.98 Å². The molecule has 0 atom stereocenters. The number of nitrogens with zero attached hydrogens (tertiary/aromatic N) is 2. The fourth-order valence-electron chi connectivity index (χ4n) is 3.94. The van der Waals surface area contributed by atoms with Crippen LogP contribution in [0, 0.1) is 6.92 Å². The van der Waals surface area contributed by atoms with Crippen LogP contribution in [0.5, 0.6) is 0 Å². The molecule has 2 nitrogen and oxygen atoms in total. The molecule has 118 valence electrons. The summed E-state index contributed by atoms with van der Waals surface area (Å²) in [4.78, 5) is 7.53. The van der Waals surface area contributed by atoms with Crippen molar-refractivity contribution >= 4 is 59.8 Å². The Morgan fingerprint density at radius 2 is 1.52 bits per heavy atom. The summed E-state index contributed by atoms with van der Waals surface area (Å²) in [6.45, 7) is 2.15. The molecule has 0 radical (unpaired) electrons. The van der Waals surface area contributed by atoms with E-state index in [9.17, 15) is 0 Å². The summed E-state index contributed by atoms with van der Waals surface area (Å²) in [5, 5.41) is 6.30. The summed E-state index contributed by atoms with van der Waals surface area (Å²) in [6, 6.07) is 24.0. The first kappa shape index (κ1) is 13.4. The molecule has 0 unspecified atom stereocenters. The van der Waals surface area contributed by atoms with E-state index in [1.807, 2.05) is 11.3 Å². The highest BCUT2D eigenvalue weighted by molar-refractivity contribution is 7.18. The smallest absolute Gasteiger partial charge is 0.147 e. The number of hydrogen-bond donors (Lipinski definition) is 0. The first-order chi connectivity index (χ1) is 12.3. The minimum Gasteiger partial charge on any atom is -0.283 e. The van der Waals surface area contributed by atoms with E-state index in [0.717, 1.165) is 11.2 Å². The van der Waals surface area contributed by atoms with Crippen LogP contribution in [-0.4, -0.2) is 9.38 Å². The van der Waals surface area contributed by atoms with E-state index >= 15 is 0 Å². The molecule has 0 bridgehead atoms. The van der Waals surface area contributed by atoms with E-state index in [4.69, 9.17) is 4.98 Å². The standard InChI is InChI=1S/C22H14N2S/c1-13-10-19-22(25-13)24-20-9-5-4-8-16(20)17-11-14-6-2-3-7-15(14)12-18(17)21(24)23-19/h2-12H,1H3. The Morgan fingerprint density at radius 1 is 0.800 bits per heavy atom. The lowest BCUT2D eigenvalue weighted by molar-refractivity contribution is 1.33. The molecule has 0 aliphatic rings. The lowest BCUT2D eigenvalue weighted by Gasteiger charge is -2.10. The van der Waals surface area contributed by atoms with Gasteiger partial charge in [0.15, 0.2) is 0 Å². The third kappa shape index (κ3) is 1.71.